The second kappa shape index (κ2) is 8.67. The molecule has 0 unspecified atom stereocenters. The lowest BCUT2D eigenvalue weighted by Crippen LogP contribution is -2.14. The van der Waals surface area contributed by atoms with Crippen molar-refractivity contribution >= 4 is 17.8 Å². The van der Waals surface area contributed by atoms with E-state index in [1.54, 1.807) is 12.1 Å². The van der Waals surface area contributed by atoms with Crippen LogP contribution in [0.4, 0.5) is 4.79 Å². The number of benzene rings is 1. The molecule has 0 atom stereocenters. The van der Waals surface area contributed by atoms with E-state index in [1.807, 2.05) is 32.9 Å². The average Bonchev–Trinajstić information content (AvgIpc) is 2.57. The maximum Gasteiger partial charge on any atom is 0.513 e. The van der Waals surface area contributed by atoms with Gasteiger partial charge in [-0.25, -0.2) is 9.78 Å². The first-order chi connectivity index (χ1) is 11.9. The zero-order valence-electron chi connectivity index (χ0n) is 14.7. The Labute approximate surface area is 152 Å². The van der Waals surface area contributed by atoms with Gasteiger partial charge in [0.25, 0.3) is 5.88 Å². The monoisotopic (exact) mass is 364 g/mol. The van der Waals surface area contributed by atoms with Crippen molar-refractivity contribution in [3.63, 3.8) is 0 Å². The van der Waals surface area contributed by atoms with Crippen LogP contribution in [0, 0.1) is 5.92 Å². The normalized spacial score (nSPS) is 10.6. The van der Waals surface area contributed by atoms with Crippen molar-refractivity contribution in [1.82, 2.24) is 9.97 Å². The van der Waals surface area contributed by atoms with E-state index in [0.717, 1.165) is 5.56 Å². The van der Waals surface area contributed by atoms with Gasteiger partial charge in [0.05, 0.1) is 19.4 Å². The molecule has 0 aliphatic carbocycles. The SMILES string of the molecule is CCOc1nc(-c2ccc(Cl)cc2)nc(CC(C)C)c1OC(=O)OC. The number of aromatic nitrogens is 2. The standard InChI is InChI=1S/C18H21ClN2O4/c1-5-24-17-15(25-18(22)23-4)14(10-11(2)3)20-16(21-17)12-6-8-13(19)9-7-12/h6-9,11H,5,10H2,1-4H3. The van der Waals surface area contributed by atoms with Gasteiger partial charge in [-0.3, -0.25) is 0 Å². The molecule has 0 aliphatic heterocycles. The van der Waals surface area contributed by atoms with E-state index in [9.17, 15) is 4.79 Å². The molecule has 134 valence electrons. The van der Waals surface area contributed by atoms with Crippen LogP contribution in [0.2, 0.25) is 5.02 Å². The van der Waals surface area contributed by atoms with Crippen LogP contribution in [0.25, 0.3) is 11.4 Å². The quantitative estimate of drug-likeness (QED) is 0.701. The summed E-state index contributed by atoms with van der Waals surface area (Å²) in [5.74, 6) is 1.18. The lowest BCUT2D eigenvalue weighted by molar-refractivity contribution is 0.118. The molecule has 1 aromatic heterocycles. The summed E-state index contributed by atoms with van der Waals surface area (Å²) >= 11 is 5.94. The highest BCUT2D eigenvalue weighted by Crippen LogP contribution is 2.33. The van der Waals surface area contributed by atoms with Gasteiger partial charge in [-0.2, -0.15) is 4.98 Å². The zero-order chi connectivity index (χ0) is 18.4. The molecule has 0 bridgehead atoms. The number of methoxy groups -OCH3 is 1. The molecular formula is C18H21ClN2O4. The van der Waals surface area contributed by atoms with Crippen molar-refractivity contribution in [2.24, 2.45) is 5.92 Å². The molecule has 7 heteroatoms. The minimum Gasteiger partial charge on any atom is -0.475 e. The molecule has 0 aliphatic rings. The fourth-order valence-corrected chi connectivity index (χ4v) is 2.32. The molecular weight excluding hydrogens is 344 g/mol. The predicted octanol–water partition coefficient (Wildman–Crippen LogP) is 4.54. The van der Waals surface area contributed by atoms with Crippen LogP contribution >= 0.6 is 11.6 Å². The summed E-state index contributed by atoms with van der Waals surface area (Å²) in [5, 5.41) is 0.627. The highest BCUT2D eigenvalue weighted by molar-refractivity contribution is 6.30. The molecule has 0 saturated carbocycles. The number of halogens is 1. The minimum atomic E-state index is -0.839. The molecule has 1 aromatic carbocycles. The van der Waals surface area contributed by atoms with E-state index < -0.39 is 6.16 Å². The fraction of sp³-hybridized carbons (Fsp3) is 0.389. The van der Waals surface area contributed by atoms with Crippen LogP contribution in [-0.4, -0.2) is 29.8 Å². The molecule has 6 nitrogen and oxygen atoms in total. The second-order valence-corrected chi connectivity index (χ2v) is 6.16. The lowest BCUT2D eigenvalue weighted by Gasteiger charge is -2.15. The molecule has 0 spiro atoms. The van der Waals surface area contributed by atoms with Crippen molar-refractivity contribution in [3.8, 4) is 23.0 Å². The van der Waals surface area contributed by atoms with Gasteiger partial charge < -0.3 is 14.2 Å². The summed E-state index contributed by atoms with van der Waals surface area (Å²) in [6.45, 7) is 6.29. The van der Waals surface area contributed by atoms with Crippen LogP contribution < -0.4 is 9.47 Å². The average molecular weight is 365 g/mol. The first-order valence-corrected chi connectivity index (χ1v) is 8.37. The highest BCUT2D eigenvalue weighted by Gasteiger charge is 2.22. The van der Waals surface area contributed by atoms with Gasteiger partial charge >= 0.3 is 6.16 Å². The van der Waals surface area contributed by atoms with Crippen LogP contribution in [-0.2, 0) is 11.2 Å². The van der Waals surface area contributed by atoms with Crippen LogP contribution in [0.5, 0.6) is 11.6 Å². The van der Waals surface area contributed by atoms with E-state index >= 15 is 0 Å². The van der Waals surface area contributed by atoms with Gasteiger partial charge in [-0.05, 0) is 43.5 Å². The van der Waals surface area contributed by atoms with Crippen LogP contribution in [0.3, 0.4) is 0 Å². The van der Waals surface area contributed by atoms with E-state index in [4.69, 9.17) is 21.1 Å². The molecule has 0 fully saturated rings. The number of hydrogen-bond donors (Lipinski definition) is 0. The van der Waals surface area contributed by atoms with Gasteiger partial charge in [-0.1, -0.05) is 25.4 Å². The third-order valence-corrected chi connectivity index (χ3v) is 3.49. The summed E-state index contributed by atoms with van der Waals surface area (Å²) in [6.07, 6.45) is -0.246. The summed E-state index contributed by atoms with van der Waals surface area (Å²) in [4.78, 5) is 20.6. The summed E-state index contributed by atoms with van der Waals surface area (Å²) in [5.41, 5.74) is 1.38. The Kier molecular flexibility index (Phi) is 6.58. The number of hydrogen-bond acceptors (Lipinski definition) is 6. The third-order valence-electron chi connectivity index (χ3n) is 3.24. The number of carbonyl (C=O) groups is 1. The molecule has 2 rings (SSSR count). The molecule has 0 radical (unpaired) electrons. The predicted molar refractivity (Wildman–Crippen MR) is 95.2 cm³/mol. The summed E-state index contributed by atoms with van der Waals surface area (Å²) in [7, 11) is 1.24. The van der Waals surface area contributed by atoms with Crippen molar-refractivity contribution in [2.45, 2.75) is 27.2 Å². The molecule has 2 aromatic rings. The topological polar surface area (TPSA) is 70.5 Å². The van der Waals surface area contributed by atoms with E-state index in [-0.39, 0.29) is 11.6 Å². The smallest absolute Gasteiger partial charge is 0.475 e. The third kappa shape index (κ3) is 5.06. The summed E-state index contributed by atoms with van der Waals surface area (Å²) in [6, 6.07) is 7.18. The largest absolute Gasteiger partial charge is 0.513 e. The Morgan fingerprint density at radius 2 is 1.88 bits per heavy atom. The number of rotatable bonds is 6. The summed E-state index contributed by atoms with van der Waals surface area (Å²) < 4.78 is 15.4. The van der Waals surface area contributed by atoms with Gasteiger partial charge in [0.15, 0.2) is 5.82 Å². The maximum absolute atomic E-state index is 11.6. The number of carbonyl (C=O) groups excluding carboxylic acids is 1. The molecule has 0 saturated heterocycles. The molecule has 0 amide bonds. The fourth-order valence-electron chi connectivity index (χ4n) is 2.19. The molecule has 0 N–H and O–H groups in total. The Bertz CT molecular complexity index is 733. The van der Waals surface area contributed by atoms with Gasteiger partial charge in [0.2, 0.25) is 5.75 Å². The van der Waals surface area contributed by atoms with Crippen LogP contribution in [0.15, 0.2) is 24.3 Å². The first-order valence-electron chi connectivity index (χ1n) is 8.00. The highest BCUT2D eigenvalue weighted by atomic mass is 35.5. The van der Waals surface area contributed by atoms with Gasteiger partial charge in [0.1, 0.15) is 0 Å². The number of nitrogens with zero attached hydrogens (tertiary/aromatic N) is 2. The second-order valence-electron chi connectivity index (χ2n) is 5.72. The molecule has 1 heterocycles. The Morgan fingerprint density at radius 1 is 1.20 bits per heavy atom. The van der Waals surface area contributed by atoms with Crippen molar-refractivity contribution < 1.29 is 19.0 Å². The molecule has 25 heavy (non-hydrogen) atoms. The number of ether oxygens (including phenoxy) is 3. The van der Waals surface area contributed by atoms with E-state index in [2.05, 4.69) is 14.7 Å². The minimum absolute atomic E-state index is 0.195. The maximum atomic E-state index is 11.6. The first kappa shape index (κ1) is 19.0. The van der Waals surface area contributed by atoms with Crippen LogP contribution in [0.1, 0.15) is 26.5 Å². The van der Waals surface area contributed by atoms with Gasteiger partial charge in [0, 0.05) is 10.6 Å². The van der Waals surface area contributed by atoms with E-state index in [1.165, 1.54) is 7.11 Å². The van der Waals surface area contributed by atoms with Crippen molar-refractivity contribution in [3.05, 3.63) is 35.0 Å². The Hall–Kier alpha value is -2.34. The van der Waals surface area contributed by atoms with E-state index in [0.29, 0.717) is 35.5 Å². The van der Waals surface area contributed by atoms with Gasteiger partial charge in [-0.15, -0.1) is 0 Å². The van der Waals surface area contributed by atoms with Crippen molar-refractivity contribution in [1.29, 1.82) is 0 Å². The zero-order valence-corrected chi connectivity index (χ0v) is 15.5. The van der Waals surface area contributed by atoms with Crippen molar-refractivity contribution in [2.75, 3.05) is 13.7 Å². The Balaban J connectivity index is 2.57. The lowest BCUT2D eigenvalue weighted by atomic mass is 10.1. The Morgan fingerprint density at radius 3 is 2.44 bits per heavy atom.